The normalized spacial score (nSPS) is 12.2. The Balaban J connectivity index is 2.48. The minimum atomic E-state index is -0.253. The van der Waals surface area contributed by atoms with E-state index in [1.54, 1.807) is 0 Å². The van der Waals surface area contributed by atoms with Gasteiger partial charge in [-0.3, -0.25) is 4.79 Å². The SMILES string of the molecule is CCCCC/C(C)=N/NC(=O)COc1ccc(C(C)(C)C)cc1Br. The largest absolute Gasteiger partial charge is 0.483 e. The maximum atomic E-state index is 11.8. The van der Waals surface area contributed by atoms with Gasteiger partial charge in [-0.2, -0.15) is 5.10 Å². The van der Waals surface area contributed by atoms with Gasteiger partial charge in [-0.05, 0) is 58.8 Å². The number of rotatable bonds is 8. The molecule has 0 aromatic heterocycles. The van der Waals surface area contributed by atoms with Crippen molar-refractivity contribution in [3.63, 3.8) is 0 Å². The molecule has 1 rings (SSSR count). The predicted molar refractivity (Wildman–Crippen MR) is 104 cm³/mol. The lowest BCUT2D eigenvalue weighted by molar-refractivity contribution is -0.123. The van der Waals surface area contributed by atoms with Crippen molar-refractivity contribution >= 4 is 27.5 Å². The van der Waals surface area contributed by atoms with Gasteiger partial charge in [0, 0.05) is 5.71 Å². The Morgan fingerprint density at radius 1 is 1.29 bits per heavy atom. The van der Waals surface area contributed by atoms with Crippen molar-refractivity contribution in [2.24, 2.45) is 5.10 Å². The van der Waals surface area contributed by atoms with E-state index in [0.29, 0.717) is 5.75 Å². The van der Waals surface area contributed by atoms with Crippen LogP contribution in [0, 0.1) is 0 Å². The molecule has 0 saturated heterocycles. The highest BCUT2D eigenvalue weighted by atomic mass is 79.9. The van der Waals surface area contributed by atoms with Gasteiger partial charge in [-0.15, -0.1) is 0 Å². The number of hydrazone groups is 1. The summed E-state index contributed by atoms with van der Waals surface area (Å²) >= 11 is 3.50. The van der Waals surface area contributed by atoms with Crippen molar-refractivity contribution in [1.82, 2.24) is 5.43 Å². The molecule has 0 bridgehead atoms. The Bertz CT molecular complexity index is 577. The second-order valence-corrected chi connectivity index (χ2v) is 7.88. The number of unbranched alkanes of at least 4 members (excludes halogenated alkanes) is 2. The lowest BCUT2D eigenvalue weighted by atomic mass is 9.87. The van der Waals surface area contributed by atoms with Crippen molar-refractivity contribution < 1.29 is 9.53 Å². The van der Waals surface area contributed by atoms with Gasteiger partial charge in [-0.1, -0.05) is 46.6 Å². The molecule has 4 nitrogen and oxygen atoms in total. The summed E-state index contributed by atoms with van der Waals surface area (Å²) in [4.78, 5) is 11.8. The number of benzene rings is 1. The average Bonchev–Trinajstić information content (AvgIpc) is 2.51. The Morgan fingerprint density at radius 3 is 2.58 bits per heavy atom. The molecule has 0 aliphatic heterocycles. The number of hydrogen-bond donors (Lipinski definition) is 1. The third kappa shape index (κ3) is 7.47. The van der Waals surface area contributed by atoms with Crippen LogP contribution in [-0.4, -0.2) is 18.2 Å². The number of hydrogen-bond acceptors (Lipinski definition) is 3. The number of ether oxygens (including phenoxy) is 1. The summed E-state index contributed by atoms with van der Waals surface area (Å²) in [5.74, 6) is 0.401. The molecular formula is C19H29BrN2O2. The summed E-state index contributed by atoms with van der Waals surface area (Å²) in [6, 6.07) is 5.94. The molecule has 0 fully saturated rings. The first kappa shape index (κ1) is 20.7. The summed E-state index contributed by atoms with van der Waals surface area (Å²) in [5.41, 5.74) is 4.76. The van der Waals surface area contributed by atoms with Crippen molar-refractivity contribution in [1.29, 1.82) is 0 Å². The smallest absolute Gasteiger partial charge is 0.277 e. The molecule has 1 aromatic carbocycles. The Hall–Kier alpha value is -1.36. The molecule has 1 aromatic rings. The van der Waals surface area contributed by atoms with E-state index >= 15 is 0 Å². The standard InChI is InChI=1S/C19H29BrN2O2/c1-6-7-8-9-14(2)21-22-18(23)13-24-17-11-10-15(12-16(17)20)19(3,4)5/h10-12H,6-9,13H2,1-5H3,(H,22,23)/b21-14+. The van der Waals surface area contributed by atoms with E-state index in [1.807, 2.05) is 25.1 Å². The molecule has 1 N–H and O–H groups in total. The topological polar surface area (TPSA) is 50.7 Å². The first-order valence-corrected chi connectivity index (χ1v) is 9.28. The van der Waals surface area contributed by atoms with Crippen molar-refractivity contribution in [2.45, 2.75) is 65.7 Å². The van der Waals surface area contributed by atoms with Gasteiger partial charge in [0.2, 0.25) is 0 Å². The number of halogens is 1. The van der Waals surface area contributed by atoms with Crippen LogP contribution in [0.5, 0.6) is 5.75 Å². The van der Waals surface area contributed by atoms with Crippen LogP contribution in [0.2, 0.25) is 0 Å². The zero-order valence-electron chi connectivity index (χ0n) is 15.4. The maximum Gasteiger partial charge on any atom is 0.277 e. The Labute approximate surface area is 154 Å². The lowest BCUT2D eigenvalue weighted by Crippen LogP contribution is -2.25. The molecule has 0 spiro atoms. The number of amides is 1. The zero-order chi connectivity index (χ0) is 18.2. The molecular weight excluding hydrogens is 368 g/mol. The molecule has 0 saturated carbocycles. The second kappa shape index (κ2) is 9.82. The fraction of sp³-hybridized carbons (Fsp3) is 0.579. The van der Waals surface area contributed by atoms with Crippen LogP contribution < -0.4 is 10.2 Å². The first-order valence-electron chi connectivity index (χ1n) is 8.49. The molecule has 0 radical (unpaired) electrons. The van der Waals surface area contributed by atoms with Crippen LogP contribution in [0.25, 0.3) is 0 Å². The van der Waals surface area contributed by atoms with Crippen molar-refractivity contribution in [2.75, 3.05) is 6.61 Å². The number of nitrogens with one attached hydrogen (secondary N) is 1. The van der Waals surface area contributed by atoms with Gasteiger partial charge in [0.25, 0.3) is 5.91 Å². The minimum Gasteiger partial charge on any atom is -0.483 e. The van der Waals surface area contributed by atoms with Crippen molar-refractivity contribution in [3.8, 4) is 5.75 Å². The molecule has 5 heteroatoms. The highest BCUT2D eigenvalue weighted by molar-refractivity contribution is 9.10. The van der Waals surface area contributed by atoms with E-state index < -0.39 is 0 Å². The van der Waals surface area contributed by atoms with Gasteiger partial charge < -0.3 is 4.74 Å². The second-order valence-electron chi connectivity index (χ2n) is 7.02. The third-order valence-electron chi connectivity index (χ3n) is 3.67. The number of carbonyl (C=O) groups is 1. The Kier molecular flexibility index (Phi) is 8.46. The van der Waals surface area contributed by atoms with Gasteiger partial charge in [0.1, 0.15) is 5.75 Å². The van der Waals surface area contributed by atoms with Crippen LogP contribution >= 0.6 is 15.9 Å². The fourth-order valence-electron chi connectivity index (χ4n) is 2.10. The summed E-state index contributed by atoms with van der Waals surface area (Å²) < 4.78 is 6.42. The van der Waals surface area contributed by atoms with Gasteiger partial charge >= 0.3 is 0 Å². The molecule has 0 heterocycles. The number of nitrogens with zero attached hydrogens (tertiary/aromatic N) is 1. The van der Waals surface area contributed by atoms with E-state index in [0.717, 1.165) is 23.0 Å². The fourth-order valence-corrected chi connectivity index (χ4v) is 2.60. The molecule has 24 heavy (non-hydrogen) atoms. The van der Waals surface area contributed by atoms with Gasteiger partial charge in [0.05, 0.1) is 4.47 Å². The Morgan fingerprint density at radius 2 is 2.00 bits per heavy atom. The molecule has 0 aliphatic rings. The summed E-state index contributed by atoms with van der Waals surface area (Å²) in [6.45, 7) is 10.5. The van der Waals surface area contributed by atoms with Crippen LogP contribution in [0.3, 0.4) is 0 Å². The van der Waals surface area contributed by atoms with E-state index in [2.05, 4.69) is 54.2 Å². The molecule has 134 valence electrons. The highest BCUT2D eigenvalue weighted by Crippen LogP contribution is 2.31. The van der Waals surface area contributed by atoms with E-state index in [1.165, 1.54) is 18.4 Å². The van der Waals surface area contributed by atoms with E-state index in [4.69, 9.17) is 4.74 Å². The molecule has 0 atom stereocenters. The highest BCUT2D eigenvalue weighted by Gasteiger charge is 2.15. The van der Waals surface area contributed by atoms with E-state index in [9.17, 15) is 4.79 Å². The van der Waals surface area contributed by atoms with Crippen LogP contribution in [-0.2, 0) is 10.2 Å². The average molecular weight is 397 g/mol. The van der Waals surface area contributed by atoms with Crippen LogP contribution in [0.4, 0.5) is 0 Å². The lowest BCUT2D eigenvalue weighted by Gasteiger charge is -2.20. The molecule has 0 unspecified atom stereocenters. The van der Waals surface area contributed by atoms with Gasteiger partial charge in [0.15, 0.2) is 6.61 Å². The third-order valence-corrected chi connectivity index (χ3v) is 4.29. The molecule has 1 amide bonds. The quantitative estimate of drug-likeness (QED) is 0.373. The van der Waals surface area contributed by atoms with Gasteiger partial charge in [-0.25, -0.2) is 5.43 Å². The molecule has 0 aliphatic carbocycles. The minimum absolute atomic E-state index is 0.0563. The summed E-state index contributed by atoms with van der Waals surface area (Å²) in [5, 5.41) is 4.10. The summed E-state index contributed by atoms with van der Waals surface area (Å²) in [6.07, 6.45) is 4.37. The van der Waals surface area contributed by atoms with Crippen LogP contribution in [0.1, 0.15) is 65.9 Å². The zero-order valence-corrected chi connectivity index (χ0v) is 17.0. The maximum absolute atomic E-state index is 11.8. The first-order chi connectivity index (χ1) is 11.2. The number of carbonyl (C=O) groups excluding carboxylic acids is 1. The van der Waals surface area contributed by atoms with Crippen LogP contribution in [0.15, 0.2) is 27.8 Å². The summed E-state index contributed by atoms with van der Waals surface area (Å²) in [7, 11) is 0. The van der Waals surface area contributed by atoms with E-state index in [-0.39, 0.29) is 17.9 Å². The van der Waals surface area contributed by atoms with Crippen molar-refractivity contribution in [3.05, 3.63) is 28.2 Å². The predicted octanol–water partition coefficient (Wildman–Crippen LogP) is 5.20. The monoisotopic (exact) mass is 396 g/mol.